The molecule has 0 radical (unpaired) electrons. The first kappa shape index (κ1) is 35.3. The first-order chi connectivity index (χ1) is 28.2. The molecule has 0 amide bonds. The third-order valence-corrected chi connectivity index (χ3v) is 10.9. The van der Waals surface area contributed by atoms with E-state index in [9.17, 15) is 5.11 Å². The average Bonchev–Trinajstić information content (AvgIpc) is 3.86. The fraction of sp³-hybridized carbons (Fsp3) is 0. The van der Waals surface area contributed by atoms with Crippen molar-refractivity contribution in [3.05, 3.63) is 194 Å². The first-order valence-electron chi connectivity index (χ1n) is 19.0. The molecule has 8 aromatic carbocycles. The second-order valence-electron chi connectivity index (χ2n) is 14.2. The van der Waals surface area contributed by atoms with E-state index in [0.29, 0.717) is 11.4 Å². The van der Waals surface area contributed by atoms with E-state index in [0.717, 1.165) is 94.1 Å². The van der Waals surface area contributed by atoms with Gasteiger partial charge in [0.15, 0.2) is 0 Å². The Morgan fingerprint density at radius 3 is 2.02 bits per heavy atom. The van der Waals surface area contributed by atoms with Gasteiger partial charge in [-0.15, -0.1) is 23.8 Å². The maximum absolute atomic E-state index is 11.3. The molecular weight excluding hydrogens is 894 g/mol. The molecule has 0 fully saturated rings. The summed E-state index contributed by atoms with van der Waals surface area (Å²) in [7, 11) is 0. The summed E-state index contributed by atoms with van der Waals surface area (Å²) in [5, 5.41) is 15.5. The van der Waals surface area contributed by atoms with Gasteiger partial charge < -0.3 is 9.52 Å². The zero-order valence-corrected chi connectivity index (χ0v) is 33.2. The largest absolute Gasteiger partial charge is 0.507 e. The normalized spacial score (nSPS) is 11.4. The van der Waals surface area contributed by atoms with Crippen molar-refractivity contribution in [3.8, 4) is 67.5 Å². The fourth-order valence-corrected chi connectivity index (χ4v) is 8.20. The zero-order chi connectivity index (χ0) is 37.9. The second-order valence-corrected chi connectivity index (χ2v) is 14.2. The Labute approximate surface area is 348 Å². The van der Waals surface area contributed by atoms with Gasteiger partial charge in [0, 0.05) is 54.7 Å². The van der Waals surface area contributed by atoms with Gasteiger partial charge in [0.2, 0.25) is 0 Å². The quantitative estimate of drug-likeness (QED) is 0.169. The standard InChI is InChI=1S/C52H32N3O2.Pt/c56-47-25-12-10-21-44(47)52-54-49-40(22-13-24-46(49)55(52)45-23-11-9-19-39(45)34-16-5-2-6-17-34)37-30-36(33-14-3-1-4-15-33)31-38(32-37)48-51-43(28-29-53-48)42-27-26-35-18-7-8-20-41(35)50(42)57-51;/h1-31,56H;/q-1;. The van der Waals surface area contributed by atoms with Gasteiger partial charge in [-0.3, -0.25) is 9.55 Å². The smallest absolute Gasteiger partial charge is 0.148 e. The van der Waals surface area contributed by atoms with Crippen molar-refractivity contribution >= 4 is 43.7 Å². The number of phenols is 1. The molecule has 0 saturated carbocycles. The van der Waals surface area contributed by atoms with Gasteiger partial charge in [0.1, 0.15) is 22.7 Å². The fourth-order valence-electron chi connectivity index (χ4n) is 8.20. The molecule has 278 valence electrons. The number of fused-ring (bicyclic) bond motifs is 6. The number of aromatic nitrogens is 3. The maximum atomic E-state index is 11.3. The summed E-state index contributed by atoms with van der Waals surface area (Å²) < 4.78 is 8.93. The number of phenolic OH excluding ortho intramolecular Hbond substituents is 1. The van der Waals surface area contributed by atoms with E-state index in [1.807, 2.05) is 60.8 Å². The van der Waals surface area contributed by atoms with E-state index in [1.54, 1.807) is 6.07 Å². The third-order valence-electron chi connectivity index (χ3n) is 10.9. The van der Waals surface area contributed by atoms with Crippen molar-refractivity contribution in [2.45, 2.75) is 0 Å². The molecule has 58 heavy (non-hydrogen) atoms. The first-order valence-corrected chi connectivity index (χ1v) is 19.0. The van der Waals surface area contributed by atoms with Crippen LogP contribution >= 0.6 is 0 Å². The minimum atomic E-state index is 0. The summed E-state index contributed by atoms with van der Waals surface area (Å²) in [5.74, 6) is 0.796. The van der Waals surface area contributed by atoms with Crippen molar-refractivity contribution in [3.63, 3.8) is 0 Å². The Balaban J connectivity index is 0.00000408. The molecule has 11 aromatic rings. The minimum Gasteiger partial charge on any atom is -0.507 e. The van der Waals surface area contributed by atoms with Gasteiger partial charge in [0.25, 0.3) is 0 Å². The van der Waals surface area contributed by atoms with Crippen LogP contribution in [0, 0.1) is 6.07 Å². The average molecular weight is 926 g/mol. The van der Waals surface area contributed by atoms with Crippen molar-refractivity contribution < 1.29 is 30.6 Å². The molecule has 0 aliphatic carbocycles. The number of aromatic hydroxyl groups is 1. The minimum absolute atomic E-state index is 0. The van der Waals surface area contributed by atoms with Crippen LogP contribution in [0.25, 0.3) is 105 Å². The van der Waals surface area contributed by atoms with E-state index >= 15 is 0 Å². The van der Waals surface area contributed by atoms with Gasteiger partial charge in [-0.05, 0) is 52.9 Å². The molecule has 11 rings (SSSR count). The summed E-state index contributed by atoms with van der Waals surface area (Å²) in [6, 6.07) is 65.5. The third kappa shape index (κ3) is 5.82. The molecule has 0 aliphatic rings. The molecule has 0 atom stereocenters. The number of benzene rings is 8. The van der Waals surface area contributed by atoms with Crippen molar-refractivity contribution in [1.82, 2.24) is 14.5 Å². The molecule has 3 aromatic heterocycles. The van der Waals surface area contributed by atoms with Gasteiger partial charge in [-0.2, -0.15) is 0 Å². The molecule has 0 saturated heterocycles. The second kappa shape index (κ2) is 14.5. The van der Waals surface area contributed by atoms with Crippen LogP contribution in [0.5, 0.6) is 5.75 Å². The van der Waals surface area contributed by atoms with E-state index in [4.69, 9.17) is 14.4 Å². The van der Waals surface area contributed by atoms with Crippen molar-refractivity contribution in [2.24, 2.45) is 0 Å². The summed E-state index contributed by atoms with van der Waals surface area (Å²) in [6.07, 6.45) is 1.86. The molecule has 0 spiro atoms. The Bertz CT molecular complexity index is 3320. The molecule has 5 nitrogen and oxygen atoms in total. The van der Waals surface area contributed by atoms with Crippen LogP contribution in [0.15, 0.2) is 193 Å². The van der Waals surface area contributed by atoms with E-state index in [2.05, 4.69) is 132 Å². The van der Waals surface area contributed by atoms with Gasteiger partial charge in [0.05, 0.1) is 22.3 Å². The number of imidazole rings is 1. The number of hydrogen-bond acceptors (Lipinski definition) is 4. The van der Waals surface area contributed by atoms with Crippen molar-refractivity contribution in [1.29, 1.82) is 0 Å². The number of hydrogen-bond donors (Lipinski definition) is 1. The number of nitrogens with zero attached hydrogens (tertiary/aromatic N) is 3. The predicted octanol–water partition coefficient (Wildman–Crippen LogP) is 13.3. The molecule has 3 heterocycles. The van der Waals surface area contributed by atoms with Crippen LogP contribution in [-0.4, -0.2) is 19.6 Å². The number of furan rings is 1. The Morgan fingerprint density at radius 1 is 0.517 bits per heavy atom. The van der Waals surface area contributed by atoms with Crippen LogP contribution in [0.2, 0.25) is 0 Å². The van der Waals surface area contributed by atoms with Crippen LogP contribution < -0.4 is 0 Å². The van der Waals surface area contributed by atoms with Crippen LogP contribution in [0.3, 0.4) is 0 Å². The summed E-state index contributed by atoms with van der Waals surface area (Å²) >= 11 is 0. The van der Waals surface area contributed by atoms with Gasteiger partial charge >= 0.3 is 0 Å². The number of pyridine rings is 1. The number of rotatable bonds is 6. The molecule has 0 aliphatic heterocycles. The van der Waals surface area contributed by atoms with Crippen molar-refractivity contribution in [2.75, 3.05) is 0 Å². The SMILES string of the molecule is Oc1ccccc1-c1nc2c(-c3[c-]c(-c4nccc5c4oc4c6ccccc6ccc54)cc(-c4ccccc4)c3)cccc2n1-c1ccccc1-c1ccccc1.[Pt]. The van der Waals surface area contributed by atoms with Crippen LogP contribution in [0.4, 0.5) is 0 Å². The molecule has 0 bridgehead atoms. The zero-order valence-electron chi connectivity index (χ0n) is 30.9. The number of para-hydroxylation sites is 3. The van der Waals surface area contributed by atoms with Gasteiger partial charge in [-0.1, -0.05) is 150 Å². The predicted molar refractivity (Wildman–Crippen MR) is 231 cm³/mol. The summed E-state index contributed by atoms with van der Waals surface area (Å²) in [5.41, 5.74) is 12.4. The monoisotopic (exact) mass is 925 g/mol. The van der Waals surface area contributed by atoms with Crippen LogP contribution in [-0.2, 0) is 21.1 Å². The topological polar surface area (TPSA) is 64.1 Å². The summed E-state index contributed by atoms with van der Waals surface area (Å²) in [6.45, 7) is 0. The van der Waals surface area contributed by atoms with E-state index in [-0.39, 0.29) is 26.8 Å². The van der Waals surface area contributed by atoms with Gasteiger partial charge in [-0.25, -0.2) is 4.98 Å². The Hall–Kier alpha value is -7.07. The maximum Gasteiger partial charge on any atom is 0.148 e. The molecule has 6 heteroatoms. The molecular formula is C52H32N3O2Pt-. The van der Waals surface area contributed by atoms with E-state index < -0.39 is 0 Å². The Kier molecular flexibility index (Phi) is 8.81. The Morgan fingerprint density at radius 2 is 1.19 bits per heavy atom. The van der Waals surface area contributed by atoms with E-state index in [1.165, 1.54) is 0 Å². The van der Waals surface area contributed by atoms with Crippen LogP contribution in [0.1, 0.15) is 0 Å². The molecule has 1 N–H and O–H groups in total. The summed E-state index contributed by atoms with van der Waals surface area (Å²) in [4.78, 5) is 10.4. The molecule has 0 unspecified atom stereocenters.